The van der Waals surface area contributed by atoms with Gasteiger partial charge in [0, 0.05) is 30.1 Å². The molecule has 6 nitrogen and oxygen atoms in total. The zero-order valence-electron chi connectivity index (χ0n) is 17.0. The molecule has 2 aromatic rings. The van der Waals surface area contributed by atoms with E-state index in [1.807, 2.05) is 47.4 Å². The molecule has 2 rings (SSSR count). The lowest BCUT2D eigenvalue weighted by Gasteiger charge is -2.25. The van der Waals surface area contributed by atoms with Crippen LogP contribution in [0.15, 0.2) is 48.5 Å². The van der Waals surface area contributed by atoms with Gasteiger partial charge in [0.1, 0.15) is 5.84 Å². The summed E-state index contributed by atoms with van der Waals surface area (Å²) in [5.41, 5.74) is 9.04. The number of rotatable bonds is 10. The minimum atomic E-state index is -0.116. The second-order valence-electron chi connectivity index (χ2n) is 7.14. The van der Waals surface area contributed by atoms with Gasteiger partial charge >= 0.3 is 0 Å². The number of hydrogen-bond acceptors (Lipinski definition) is 4. The van der Waals surface area contributed by atoms with Crippen LogP contribution in [0.1, 0.15) is 43.7 Å². The van der Waals surface area contributed by atoms with E-state index < -0.39 is 0 Å². The number of nitrogens with one attached hydrogen (secondary N) is 2. The molecule has 0 aromatic heterocycles. The Kier molecular flexibility index (Phi) is 10.2. The molecule has 29 heavy (non-hydrogen) atoms. The lowest BCUT2D eigenvalue weighted by molar-refractivity contribution is -0.115. The molecule has 5 N–H and O–H groups in total. The zero-order chi connectivity index (χ0) is 20.5. The van der Waals surface area contributed by atoms with E-state index in [0.29, 0.717) is 24.4 Å². The summed E-state index contributed by atoms with van der Waals surface area (Å²) in [5, 5.41) is 19.6. The van der Waals surface area contributed by atoms with Crippen LogP contribution in [-0.4, -0.2) is 36.5 Å². The molecule has 158 valence electrons. The second kappa shape index (κ2) is 12.1. The van der Waals surface area contributed by atoms with E-state index in [2.05, 4.69) is 19.2 Å². The second-order valence-corrected chi connectivity index (χ2v) is 7.14. The lowest BCUT2D eigenvalue weighted by Crippen LogP contribution is -2.34. The summed E-state index contributed by atoms with van der Waals surface area (Å²) in [6.45, 7) is 5.19. The van der Waals surface area contributed by atoms with Crippen LogP contribution in [0.3, 0.4) is 0 Å². The highest BCUT2D eigenvalue weighted by atomic mass is 35.5. The number of carbonyl (C=O) groups is 1. The Hall–Kier alpha value is -2.57. The van der Waals surface area contributed by atoms with Gasteiger partial charge in [-0.3, -0.25) is 10.2 Å². The Bertz CT molecular complexity index is 794. The number of halogens is 1. The highest BCUT2D eigenvalue weighted by molar-refractivity contribution is 5.97. The summed E-state index contributed by atoms with van der Waals surface area (Å²) in [7, 11) is 0. The molecule has 0 heterocycles. The average Bonchev–Trinajstić information content (AvgIpc) is 2.68. The van der Waals surface area contributed by atoms with Gasteiger partial charge in [-0.25, -0.2) is 0 Å². The van der Waals surface area contributed by atoms with Gasteiger partial charge in [-0.15, -0.1) is 12.4 Å². The van der Waals surface area contributed by atoms with E-state index in [4.69, 9.17) is 16.2 Å². The number of unbranched alkanes of at least 4 members (excludes halogenated alkanes) is 1. The summed E-state index contributed by atoms with van der Waals surface area (Å²) in [4.78, 5) is 14.5. The Labute approximate surface area is 179 Å². The zero-order valence-corrected chi connectivity index (χ0v) is 17.8. The van der Waals surface area contributed by atoms with Crippen molar-refractivity contribution in [1.29, 1.82) is 5.41 Å². The van der Waals surface area contributed by atoms with Gasteiger partial charge in [0.15, 0.2) is 0 Å². The van der Waals surface area contributed by atoms with Crippen LogP contribution in [0.4, 0.5) is 11.4 Å². The maximum absolute atomic E-state index is 12.6. The Morgan fingerprint density at radius 3 is 2.45 bits per heavy atom. The van der Waals surface area contributed by atoms with Crippen molar-refractivity contribution in [1.82, 2.24) is 0 Å². The normalized spacial score (nSPS) is 10.3. The van der Waals surface area contributed by atoms with E-state index in [1.165, 1.54) is 5.56 Å². The highest BCUT2D eigenvalue weighted by Crippen LogP contribution is 2.19. The number of aliphatic hydroxyl groups excluding tert-OH is 1. The summed E-state index contributed by atoms with van der Waals surface area (Å²) >= 11 is 0. The van der Waals surface area contributed by atoms with E-state index in [9.17, 15) is 4.79 Å². The summed E-state index contributed by atoms with van der Waals surface area (Å²) < 4.78 is 0. The molecule has 0 bridgehead atoms. The first kappa shape index (κ1) is 24.5. The number of nitrogens with two attached hydrogens (primary N) is 1. The number of nitrogen functional groups attached to an aromatic ring is 1. The van der Waals surface area contributed by atoms with E-state index >= 15 is 0 Å². The first-order chi connectivity index (χ1) is 13.4. The van der Waals surface area contributed by atoms with Crippen molar-refractivity contribution < 1.29 is 9.90 Å². The van der Waals surface area contributed by atoms with Crippen LogP contribution in [-0.2, 0) is 4.79 Å². The number of aliphatic hydroxyl groups is 1. The van der Waals surface area contributed by atoms with Crippen LogP contribution < -0.4 is 16.0 Å². The van der Waals surface area contributed by atoms with Gasteiger partial charge in [-0.05, 0) is 48.6 Å². The maximum atomic E-state index is 12.6. The van der Waals surface area contributed by atoms with Gasteiger partial charge in [-0.1, -0.05) is 38.1 Å². The van der Waals surface area contributed by atoms with E-state index in [1.54, 1.807) is 6.07 Å². The standard InChI is InChI=1S/C22H30N4O2.ClH/c1-16(2)17-8-10-19(11-9-17)25-21(28)15-26(12-3-4-13-27)20-7-5-6-18(14-20)22(23)24;/h5-11,14,16,27H,3-4,12-13,15H2,1-2H3,(H3,23,24)(H,25,28);1H. The Balaban J connectivity index is 0.00000420. The van der Waals surface area contributed by atoms with Gasteiger partial charge in [0.25, 0.3) is 0 Å². The summed E-state index contributed by atoms with van der Waals surface area (Å²) in [5.74, 6) is 0.321. The third-order valence-corrected chi connectivity index (χ3v) is 4.55. The van der Waals surface area contributed by atoms with Crippen molar-refractivity contribution in [3.05, 3.63) is 59.7 Å². The number of nitrogens with zero attached hydrogens (tertiary/aromatic N) is 1. The van der Waals surface area contributed by atoms with Crippen molar-refractivity contribution in [2.45, 2.75) is 32.6 Å². The molecule has 0 aliphatic heterocycles. The minimum Gasteiger partial charge on any atom is -0.396 e. The number of anilines is 2. The van der Waals surface area contributed by atoms with Crippen LogP contribution in [0.5, 0.6) is 0 Å². The molecule has 2 aromatic carbocycles. The fourth-order valence-corrected chi connectivity index (χ4v) is 2.91. The summed E-state index contributed by atoms with van der Waals surface area (Å²) in [6, 6.07) is 15.2. The molecule has 0 saturated heterocycles. The van der Waals surface area contributed by atoms with Crippen LogP contribution >= 0.6 is 12.4 Å². The number of hydrogen-bond donors (Lipinski definition) is 4. The van der Waals surface area contributed by atoms with Gasteiger partial charge in [0.05, 0.1) is 6.54 Å². The predicted molar refractivity (Wildman–Crippen MR) is 122 cm³/mol. The molecule has 0 aliphatic carbocycles. The molecular weight excluding hydrogens is 388 g/mol. The first-order valence-electron chi connectivity index (χ1n) is 9.60. The molecule has 0 radical (unpaired) electrons. The summed E-state index contributed by atoms with van der Waals surface area (Å²) in [6.07, 6.45) is 1.43. The fraction of sp³-hybridized carbons (Fsp3) is 0.364. The highest BCUT2D eigenvalue weighted by Gasteiger charge is 2.13. The quantitative estimate of drug-likeness (QED) is 0.268. The third-order valence-electron chi connectivity index (χ3n) is 4.55. The monoisotopic (exact) mass is 418 g/mol. The van der Waals surface area contributed by atoms with Crippen molar-refractivity contribution >= 4 is 35.5 Å². The molecule has 1 amide bonds. The molecule has 0 aliphatic rings. The number of benzene rings is 2. The van der Waals surface area contributed by atoms with Gasteiger partial charge in [0.2, 0.25) is 5.91 Å². The minimum absolute atomic E-state index is 0. The molecule has 0 spiro atoms. The molecule has 0 fully saturated rings. The van der Waals surface area contributed by atoms with Crippen LogP contribution in [0.25, 0.3) is 0 Å². The molecule has 0 saturated carbocycles. The van der Waals surface area contributed by atoms with Crippen molar-refractivity contribution in [2.75, 3.05) is 29.9 Å². The fourth-order valence-electron chi connectivity index (χ4n) is 2.91. The topological polar surface area (TPSA) is 102 Å². The largest absolute Gasteiger partial charge is 0.396 e. The number of amides is 1. The molecule has 0 atom stereocenters. The predicted octanol–water partition coefficient (Wildman–Crippen LogP) is 3.73. The van der Waals surface area contributed by atoms with Crippen LogP contribution in [0.2, 0.25) is 0 Å². The number of carbonyl (C=O) groups excluding carboxylic acids is 1. The average molecular weight is 419 g/mol. The Morgan fingerprint density at radius 1 is 1.17 bits per heavy atom. The first-order valence-corrected chi connectivity index (χ1v) is 9.60. The van der Waals surface area contributed by atoms with Gasteiger partial charge < -0.3 is 21.1 Å². The van der Waals surface area contributed by atoms with Crippen molar-refractivity contribution in [3.8, 4) is 0 Å². The Morgan fingerprint density at radius 2 is 1.86 bits per heavy atom. The lowest BCUT2D eigenvalue weighted by atomic mass is 10.0. The molecule has 7 heteroatoms. The third kappa shape index (κ3) is 7.75. The van der Waals surface area contributed by atoms with E-state index in [0.717, 1.165) is 17.8 Å². The number of amidine groups is 1. The molecule has 0 unspecified atom stereocenters. The smallest absolute Gasteiger partial charge is 0.243 e. The molecular formula is C22H31ClN4O2. The van der Waals surface area contributed by atoms with Gasteiger partial charge in [-0.2, -0.15) is 0 Å². The van der Waals surface area contributed by atoms with E-state index in [-0.39, 0.29) is 37.3 Å². The SMILES string of the molecule is CC(C)c1ccc(NC(=O)CN(CCCCO)c2cccc(C(=N)N)c2)cc1.Cl. The van der Waals surface area contributed by atoms with Crippen molar-refractivity contribution in [3.63, 3.8) is 0 Å². The van der Waals surface area contributed by atoms with Crippen molar-refractivity contribution in [2.24, 2.45) is 5.73 Å². The van der Waals surface area contributed by atoms with Crippen LogP contribution in [0, 0.1) is 5.41 Å². The maximum Gasteiger partial charge on any atom is 0.243 e.